The van der Waals surface area contributed by atoms with Crippen molar-refractivity contribution in [1.82, 2.24) is 4.90 Å². The minimum absolute atomic E-state index is 0.105. The third-order valence-electron chi connectivity index (χ3n) is 3.97. The zero-order valence-corrected chi connectivity index (χ0v) is 12.3. The molecule has 0 aromatic heterocycles. The van der Waals surface area contributed by atoms with E-state index in [4.69, 9.17) is 10.5 Å². The smallest absolute Gasteiger partial charge is 0.253 e. The van der Waals surface area contributed by atoms with Crippen LogP contribution in [0.25, 0.3) is 0 Å². The average Bonchev–Trinajstić information content (AvgIpc) is 2.47. The molecule has 0 spiro atoms. The van der Waals surface area contributed by atoms with Gasteiger partial charge in [-0.05, 0) is 43.4 Å². The van der Waals surface area contributed by atoms with E-state index in [0.717, 1.165) is 37.1 Å². The van der Waals surface area contributed by atoms with Crippen LogP contribution in [-0.4, -0.2) is 37.0 Å². The van der Waals surface area contributed by atoms with E-state index < -0.39 is 0 Å². The lowest BCUT2D eigenvalue weighted by atomic mass is 9.92. The van der Waals surface area contributed by atoms with E-state index in [0.29, 0.717) is 12.5 Å². The van der Waals surface area contributed by atoms with Crippen LogP contribution in [0.4, 0.5) is 0 Å². The van der Waals surface area contributed by atoms with Crippen molar-refractivity contribution in [2.45, 2.75) is 32.4 Å². The van der Waals surface area contributed by atoms with E-state index in [1.54, 1.807) is 7.11 Å². The maximum atomic E-state index is 12.6. The predicted molar refractivity (Wildman–Crippen MR) is 79.4 cm³/mol. The van der Waals surface area contributed by atoms with Crippen molar-refractivity contribution in [3.05, 3.63) is 35.4 Å². The number of carbonyl (C=O) groups is 1. The molecule has 20 heavy (non-hydrogen) atoms. The van der Waals surface area contributed by atoms with Gasteiger partial charge in [-0.3, -0.25) is 4.79 Å². The van der Waals surface area contributed by atoms with E-state index in [2.05, 4.69) is 0 Å². The van der Waals surface area contributed by atoms with Crippen molar-refractivity contribution in [1.29, 1.82) is 0 Å². The summed E-state index contributed by atoms with van der Waals surface area (Å²) in [6.07, 6.45) is 2.15. The second-order valence-corrected chi connectivity index (χ2v) is 5.65. The van der Waals surface area contributed by atoms with Gasteiger partial charge in [0.25, 0.3) is 5.91 Å². The van der Waals surface area contributed by atoms with Gasteiger partial charge in [0.05, 0.1) is 6.61 Å². The molecule has 0 radical (unpaired) electrons. The molecule has 1 amide bonds. The highest BCUT2D eigenvalue weighted by atomic mass is 16.5. The number of likely N-dealkylation sites (tertiary alicyclic amines) is 1. The van der Waals surface area contributed by atoms with Crippen molar-refractivity contribution in [2.75, 3.05) is 20.2 Å². The molecule has 2 N–H and O–H groups in total. The molecule has 1 saturated heterocycles. The van der Waals surface area contributed by atoms with Crippen LogP contribution < -0.4 is 5.73 Å². The van der Waals surface area contributed by atoms with Gasteiger partial charge in [0.1, 0.15) is 0 Å². The highest BCUT2D eigenvalue weighted by Gasteiger charge is 2.26. The fraction of sp³-hybridized carbons (Fsp3) is 0.562. The second-order valence-electron chi connectivity index (χ2n) is 5.65. The summed E-state index contributed by atoms with van der Waals surface area (Å²) in [5, 5.41) is 0. The molecule has 0 unspecified atom stereocenters. The molecule has 4 nitrogen and oxygen atoms in total. The fourth-order valence-electron chi connectivity index (χ4n) is 2.77. The third-order valence-corrected chi connectivity index (χ3v) is 3.97. The number of ether oxygens (including phenoxy) is 1. The van der Waals surface area contributed by atoms with Crippen LogP contribution in [0.1, 0.15) is 35.7 Å². The number of methoxy groups -OCH3 is 1. The van der Waals surface area contributed by atoms with Gasteiger partial charge in [-0.2, -0.15) is 0 Å². The molecule has 1 heterocycles. The maximum absolute atomic E-state index is 12.6. The van der Waals surface area contributed by atoms with Gasteiger partial charge in [0.2, 0.25) is 0 Å². The standard InChI is InChI=1S/C16H24N2O2/c1-12(17)15-7-4-8-18(10-15)16(19)14-6-3-5-13(9-14)11-20-2/h3,5-6,9,12,15H,4,7-8,10-11,17H2,1-2H3/t12-,15+/m0/s1. The molecule has 1 aliphatic rings. The molecule has 0 aliphatic carbocycles. The van der Waals surface area contributed by atoms with E-state index in [9.17, 15) is 4.79 Å². The van der Waals surface area contributed by atoms with Crippen molar-refractivity contribution in [2.24, 2.45) is 11.7 Å². The topological polar surface area (TPSA) is 55.6 Å². The first-order valence-electron chi connectivity index (χ1n) is 7.24. The zero-order chi connectivity index (χ0) is 14.5. The second kappa shape index (κ2) is 6.86. The first kappa shape index (κ1) is 15.0. The summed E-state index contributed by atoms with van der Waals surface area (Å²) in [6, 6.07) is 7.82. The summed E-state index contributed by atoms with van der Waals surface area (Å²) in [5.74, 6) is 0.517. The molecular formula is C16H24N2O2. The normalized spacial score (nSPS) is 20.8. The van der Waals surface area contributed by atoms with Crippen LogP contribution in [0, 0.1) is 5.92 Å². The first-order valence-corrected chi connectivity index (χ1v) is 7.24. The van der Waals surface area contributed by atoms with Gasteiger partial charge in [-0.25, -0.2) is 0 Å². The Kier molecular flexibility index (Phi) is 5.15. The summed E-state index contributed by atoms with van der Waals surface area (Å²) in [5.41, 5.74) is 7.74. The van der Waals surface area contributed by atoms with Gasteiger partial charge in [0.15, 0.2) is 0 Å². The van der Waals surface area contributed by atoms with E-state index in [1.165, 1.54) is 0 Å². The monoisotopic (exact) mass is 276 g/mol. The van der Waals surface area contributed by atoms with Crippen molar-refractivity contribution >= 4 is 5.91 Å². The summed E-state index contributed by atoms with van der Waals surface area (Å²) < 4.78 is 5.12. The Morgan fingerprint density at radius 1 is 1.55 bits per heavy atom. The minimum Gasteiger partial charge on any atom is -0.380 e. The molecule has 1 aliphatic heterocycles. The lowest BCUT2D eigenvalue weighted by molar-refractivity contribution is 0.0660. The molecule has 1 aromatic carbocycles. The molecule has 1 aromatic rings. The summed E-state index contributed by atoms with van der Waals surface area (Å²) in [7, 11) is 1.66. The number of amides is 1. The summed E-state index contributed by atoms with van der Waals surface area (Å²) in [4.78, 5) is 14.5. The van der Waals surface area contributed by atoms with E-state index in [-0.39, 0.29) is 11.9 Å². The van der Waals surface area contributed by atoms with Crippen molar-refractivity contribution < 1.29 is 9.53 Å². The van der Waals surface area contributed by atoms with E-state index >= 15 is 0 Å². The Labute approximate surface area is 120 Å². The average molecular weight is 276 g/mol. The molecule has 2 rings (SSSR count). The van der Waals surface area contributed by atoms with Crippen LogP contribution in [-0.2, 0) is 11.3 Å². The number of carbonyl (C=O) groups excluding carboxylic acids is 1. The number of hydrogen-bond donors (Lipinski definition) is 1. The lowest BCUT2D eigenvalue weighted by Gasteiger charge is -2.34. The SMILES string of the molecule is COCc1cccc(C(=O)N2CCC[C@@H]([C@H](C)N)C2)c1. The molecule has 2 atom stereocenters. The molecule has 0 saturated carbocycles. The number of benzene rings is 1. The Bertz CT molecular complexity index is 460. The lowest BCUT2D eigenvalue weighted by Crippen LogP contribution is -2.45. The Balaban J connectivity index is 2.08. The van der Waals surface area contributed by atoms with Gasteiger partial charge in [-0.1, -0.05) is 12.1 Å². The fourth-order valence-corrected chi connectivity index (χ4v) is 2.77. The Morgan fingerprint density at radius 3 is 3.05 bits per heavy atom. The highest BCUT2D eigenvalue weighted by molar-refractivity contribution is 5.94. The molecule has 0 bridgehead atoms. The van der Waals surface area contributed by atoms with Crippen LogP contribution >= 0.6 is 0 Å². The van der Waals surface area contributed by atoms with Crippen molar-refractivity contribution in [3.8, 4) is 0 Å². The first-order chi connectivity index (χ1) is 9.61. The summed E-state index contributed by atoms with van der Waals surface area (Å²) >= 11 is 0. The van der Waals surface area contributed by atoms with Gasteiger partial charge in [0, 0.05) is 31.8 Å². The van der Waals surface area contributed by atoms with Crippen LogP contribution in [0.15, 0.2) is 24.3 Å². The number of nitrogens with zero attached hydrogens (tertiary/aromatic N) is 1. The third kappa shape index (κ3) is 3.58. The Morgan fingerprint density at radius 2 is 2.35 bits per heavy atom. The maximum Gasteiger partial charge on any atom is 0.253 e. The van der Waals surface area contributed by atoms with Crippen molar-refractivity contribution in [3.63, 3.8) is 0 Å². The predicted octanol–water partition coefficient (Wildman–Crippen LogP) is 2.03. The van der Waals surface area contributed by atoms with Crippen LogP contribution in [0.2, 0.25) is 0 Å². The van der Waals surface area contributed by atoms with E-state index in [1.807, 2.05) is 36.1 Å². The molecule has 1 fully saturated rings. The van der Waals surface area contributed by atoms with Gasteiger partial charge in [-0.15, -0.1) is 0 Å². The number of nitrogens with two attached hydrogens (primary N) is 1. The summed E-state index contributed by atoms with van der Waals surface area (Å²) in [6.45, 7) is 4.16. The minimum atomic E-state index is 0.105. The number of piperidine rings is 1. The highest BCUT2D eigenvalue weighted by Crippen LogP contribution is 2.21. The molecular weight excluding hydrogens is 252 g/mol. The molecule has 4 heteroatoms. The number of hydrogen-bond acceptors (Lipinski definition) is 3. The van der Waals surface area contributed by atoms with Crippen LogP contribution in [0.3, 0.4) is 0 Å². The largest absolute Gasteiger partial charge is 0.380 e. The van der Waals surface area contributed by atoms with Gasteiger partial charge >= 0.3 is 0 Å². The zero-order valence-electron chi connectivity index (χ0n) is 12.3. The van der Waals surface area contributed by atoms with Crippen LogP contribution in [0.5, 0.6) is 0 Å². The van der Waals surface area contributed by atoms with Gasteiger partial charge < -0.3 is 15.4 Å². The molecule has 110 valence electrons. The quantitative estimate of drug-likeness (QED) is 0.915. The number of rotatable bonds is 4. The Hall–Kier alpha value is -1.39.